The monoisotopic (exact) mass is 534 g/mol. The molecule has 3 aromatic rings. The predicted molar refractivity (Wildman–Crippen MR) is 136 cm³/mol. The number of fused-ring (bicyclic) bond motifs is 1. The lowest BCUT2D eigenvalue weighted by atomic mass is 10.1. The Bertz CT molecular complexity index is 1240. The zero-order chi connectivity index (χ0) is 26.2. The number of aryl methyl sites for hydroxylation is 1. The molecule has 0 aliphatic carbocycles. The molecule has 198 valence electrons. The van der Waals surface area contributed by atoms with Crippen molar-refractivity contribution >= 4 is 33.1 Å². The van der Waals surface area contributed by atoms with Gasteiger partial charge in [-0.05, 0) is 49.7 Å². The highest BCUT2D eigenvalue weighted by molar-refractivity contribution is 7.18. The van der Waals surface area contributed by atoms with Crippen LogP contribution in [0.3, 0.4) is 0 Å². The number of carbonyl (C=O) groups is 1. The van der Waals surface area contributed by atoms with Gasteiger partial charge in [-0.15, -0.1) is 11.3 Å². The van der Waals surface area contributed by atoms with Crippen molar-refractivity contribution in [2.45, 2.75) is 31.7 Å². The number of halogens is 3. The van der Waals surface area contributed by atoms with Gasteiger partial charge in [-0.25, -0.2) is 4.98 Å². The molecule has 11 heteroatoms. The summed E-state index contributed by atoms with van der Waals surface area (Å²) in [6, 6.07) is 10.2. The summed E-state index contributed by atoms with van der Waals surface area (Å²) in [5.74, 6) is 0.605. The first-order chi connectivity index (χ1) is 17.7. The van der Waals surface area contributed by atoms with Gasteiger partial charge in [0, 0.05) is 51.0 Å². The molecule has 5 rings (SSSR count). The molecule has 1 aromatic heterocycles. The molecule has 2 saturated heterocycles. The number of ether oxygens (including phenoxy) is 1. The Morgan fingerprint density at radius 3 is 2.54 bits per heavy atom. The number of alkyl halides is 3. The van der Waals surface area contributed by atoms with E-state index >= 15 is 0 Å². The summed E-state index contributed by atoms with van der Waals surface area (Å²) in [7, 11) is 0. The minimum atomic E-state index is -4.40. The average molecular weight is 535 g/mol. The number of carbonyl (C=O) groups excluding carboxylic acids is 1. The highest BCUT2D eigenvalue weighted by Crippen LogP contribution is 2.32. The maximum absolute atomic E-state index is 13.0. The van der Waals surface area contributed by atoms with Crippen LogP contribution in [-0.2, 0) is 11.0 Å². The number of β-amino-alcohol motifs (C(OH)–C–C–N with tert-alkyl or cyclic N) is 1. The van der Waals surface area contributed by atoms with Crippen LogP contribution in [0.25, 0.3) is 10.2 Å². The van der Waals surface area contributed by atoms with E-state index in [-0.39, 0.29) is 18.6 Å². The summed E-state index contributed by atoms with van der Waals surface area (Å²) in [5, 5.41) is 11.5. The number of piperazine rings is 1. The maximum Gasteiger partial charge on any atom is 0.416 e. The van der Waals surface area contributed by atoms with Gasteiger partial charge in [0.2, 0.25) is 5.91 Å². The molecule has 1 N–H and O–H groups in total. The predicted octanol–water partition coefficient (Wildman–Crippen LogP) is 3.79. The molecule has 2 fully saturated rings. The number of aromatic nitrogens is 1. The van der Waals surface area contributed by atoms with Crippen LogP contribution in [0, 0.1) is 6.92 Å². The number of rotatable bonds is 7. The largest absolute Gasteiger partial charge is 0.491 e. The molecule has 0 spiro atoms. The molecular formula is C26H29F3N4O3S. The van der Waals surface area contributed by atoms with E-state index in [4.69, 9.17) is 4.74 Å². The molecule has 0 radical (unpaired) electrons. The molecule has 0 bridgehead atoms. The third-order valence-electron chi connectivity index (χ3n) is 6.91. The Morgan fingerprint density at radius 1 is 1.11 bits per heavy atom. The van der Waals surface area contributed by atoms with Crippen molar-refractivity contribution < 1.29 is 27.8 Å². The lowest BCUT2D eigenvalue weighted by Gasteiger charge is -2.37. The van der Waals surface area contributed by atoms with E-state index in [1.807, 2.05) is 25.1 Å². The molecule has 2 aliphatic heterocycles. The first-order valence-corrected chi connectivity index (χ1v) is 13.1. The van der Waals surface area contributed by atoms with Gasteiger partial charge in [-0.3, -0.25) is 14.6 Å². The molecule has 2 unspecified atom stereocenters. The van der Waals surface area contributed by atoms with Crippen LogP contribution in [-0.4, -0.2) is 83.8 Å². The molecule has 2 aliphatic rings. The number of aliphatic hydroxyl groups is 1. The topological polar surface area (TPSA) is 69.1 Å². The van der Waals surface area contributed by atoms with Crippen molar-refractivity contribution in [2.24, 2.45) is 0 Å². The van der Waals surface area contributed by atoms with E-state index in [1.165, 1.54) is 12.1 Å². The molecule has 0 saturated carbocycles. The minimum Gasteiger partial charge on any atom is -0.491 e. The SMILES string of the molecule is Cc1nc2cc(OCC(O)CN3CCN(C4CCN(c5ccc(C(F)(F)F)cc5)C4=O)CC3)ccc2s1. The van der Waals surface area contributed by atoms with Crippen LogP contribution in [0.1, 0.15) is 17.0 Å². The van der Waals surface area contributed by atoms with Crippen molar-refractivity contribution in [2.75, 3.05) is 50.8 Å². The van der Waals surface area contributed by atoms with Gasteiger partial charge in [-0.2, -0.15) is 13.2 Å². The number of amides is 1. The van der Waals surface area contributed by atoms with Crippen molar-refractivity contribution in [1.82, 2.24) is 14.8 Å². The zero-order valence-electron chi connectivity index (χ0n) is 20.4. The van der Waals surface area contributed by atoms with Crippen molar-refractivity contribution in [3.63, 3.8) is 0 Å². The smallest absolute Gasteiger partial charge is 0.416 e. The number of aliphatic hydroxyl groups excluding tert-OH is 1. The number of anilines is 1. The molecule has 2 aromatic carbocycles. The number of hydrogen-bond donors (Lipinski definition) is 1. The van der Waals surface area contributed by atoms with Gasteiger partial charge >= 0.3 is 6.18 Å². The van der Waals surface area contributed by atoms with E-state index < -0.39 is 17.8 Å². The van der Waals surface area contributed by atoms with E-state index in [9.17, 15) is 23.1 Å². The quantitative estimate of drug-likeness (QED) is 0.498. The van der Waals surface area contributed by atoms with Crippen molar-refractivity contribution in [3.05, 3.63) is 53.0 Å². The maximum atomic E-state index is 13.0. The number of nitrogens with zero attached hydrogens (tertiary/aromatic N) is 4. The van der Waals surface area contributed by atoms with Crippen LogP contribution >= 0.6 is 11.3 Å². The van der Waals surface area contributed by atoms with Gasteiger partial charge in [-0.1, -0.05) is 0 Å². The summed E-state index contributed by atoms with van der Waals surface area (Å²) in [5.41, 5.74) is 0.661. The van der Waals surface area contributed by atoms with Gasteiger partial charge in [0.1, 0.15) is 18.5 Å². The summed E-state index contributed by atoms with van der Waals surface area (Å²) in [6.45, 7) is 5.90. The second-order valence-corrected chi connectivity index (χ2v) is 10.7. The third kappa shape index (κ3) is 5.90. The molecule has 7 nitrogen and oxygen atoms in total. The molecule has 37 heavy (non-hydrogen) atoms. The van der Waals surface area contributed by atoms with Gasteiger partial charge in [0.15, 0.2) is 0 Å². The normalized spacial score (nSPS) is 20.6. The van der Waals surface area contributed by atoms with Crippen LogP contribution < -0.4 is 9.64 Å². The Morgan fingerprint density at radius 2 is 1.84 bits per heavy atom. The summed E-state index contributed by atoms with van der Waals surface area (Å²) in [6.07, 6.45) is -4.41. The fourth-order valence-electron chi connectivity index (χ4n) is 5.00. The van der Waals surface area contributed by atoms with Crippen LogP contribution in [0.4, 0.5) is 18.9 Å². The molecule has 1 amide bonds. The standard InChI is InChI=1S/C26H29F3N4O3S/c1-17-30-22-14-21(6-7-24(22)37-17)36-16-20(34)15-31-10-12-32(13-11-31)23-8-9-33(25(23)35)19-4-2-18(3-5-19)26(27,28)29/h2-7,14,20,23,34H,8-13,15-16H2,1H3. The second-order valence-electron chi connectivity index (χ2n) is 9.50. The molecule has 2 atom stereocenters. The average Bonchev–Trinajstić information content (AvgIpc) is 3.44. The lowest BCUT2D eigenvalue weighted by molar-refractivity contribution is -0.137. The number of hydrogen-bond acceptors (Lipinski definition) is 7. The van der Waals surface area contributed by atoms with Gasteiger partial charge in [0.25, 0.3) is 0 Å². The summed E-state index contributed by atoms with van der Waals surface area (Å²) >= 11 is 1.63. The molecular weight excluding hydrogens is 505 g/mol. The Hall–Kier alpha value is -2.73. The van der Waals surface area contributed by atoms with Gasteiger partial charge in [0.05, 0.1) is 26.8 Å². The van der Waals surface area contributed by atoms with Gasteiger partial charge < -0.3 is 14.7 Å². The fourth-order valence-corrected chi connectivity index (χ4v) is 5.81. The lowest BCUT2D eigenvalue weighted by Crippen LogP contribution is -2.54. The van der Waals surface area contributed by atoms with E-state index in [0.717, 1.165) is 27.4 Å². The number of thiazole rings is 1. The minimum absolute atomic E-state index is 0.0751. The van der Waals surface area contributed by atoms with E-state index in [1.54, 1.807) is 16.2 Å². The third-order valence-corrected chi connectivity index (χ3v) is 7.86. The Balaban J connectivity index is 1.08. The van der Waals surface area contributed by atoms with Crippen LogP contribution in [0.2, 0.25) is 0 Å². The Labute approximate surface area is 217 Å². The van der Waals surface area contributed by atoms with Crippen molar-refractivity contribution in [3.8, 4) is 5.75 Å². The summed E-state index contributed by atoms with van der Waals surface area (Å²) in [4.78, 5) is 23.4. The highest BCUT2D eigenvalue weighted by atomic mass is 32.1. The van der Waals surface area contributed by atoms with E-state index in [2.05, 4.69) is 14.8 Å². The van der Waals surface area contributed by atoms with Crippen molar-refractivity contribution in [1.29, 1.82) is 0 Å². The Kier molecular flexibility index (Phi) is 7.39. The molecule has 3 heterocycles. The van der Waals surface area contributed by atoms with E-state index in [0.29, 0.717) is 57.1 Å². The van der Waals surface area contributed by atoms with Crippen LogP contribution in [0.15, 0.2) is 42.5 Å². The first-order valence-electron chi connectivity index (χ1n) is 12.3. The highest BCUT2D eigenvalue weighted by Gasteiger charge is 2.38. The fraction of sp³-hybridized carbons (Fsp3) is 0.462. The second kappa shape index (κ2) is 10.6. The first kappa shape index (κ1) is 25.9. The zero-order valence-corrected chi connectivity index (χ0v) is 21.3. The number of benzene rings is 2. The van der Waals surface area contributed by atoms with Crippen LogP contribution in [0.5, 0.6) is 5.75 Å². The summed E-state index contributed by atoms with van der Waals surface area (Å²) < 4.78 is 45.4.